The monoisotopic (exact) mass is 578 g/mol. The summed E-state index contributed by atoms with van der Waals surface area (Å²) < 4.78 is 59.1. The highest BCUT2D eigenvalue weighted by molar-refractivity contribution is 7.91. The Labute approximate surface area is 240 Å². The van der Waals surface area contributed by atoms with E-state index in [9.17, 15) is 17.2 Å². The highest BCUT2D eigenvalue weighted by Crippen LogP contribution is 2.36. The van der Waals surface area contributed by atoms with Crippen molar-refractivity contribution in [2.45, 2.75) is 80.1 Å². The molecule has 5 nitrogen and oxygen atoms in total. The number of anilines is 1. The minimum absolute atomic E-state index is 0.145. The van der Waals surface area contributed by atoms with Gasteiger partial charge in [-0.25, -0.2) is 17.2 Å². The Morgan fingerprint density at radius 1 is 1.15 bits per heavy atom. The summed E-state index contributed by atoms with van der Waals surface area (Å²) in [5, 5.41) is 11.5. The summed E-state index contributed by atoms with van der Waals surface area (Å²) in [5.41, 5.74) is 4.53. The van der Waals surface area contributed by atoms with Crippen LogP contribution in [-0.2, 0) is 14.6 Å². The van der Waals surface area contributed by atoms with Crippen molar-refractivity contribution in [3.05, 3.63) is 76.1 Å². The van der Waals surface area contributed by atoms with E-state index in [4.69, 9.17) is 5.41 Å². The Hall–Kier alpha value is -2.58. The predicted octanol–water partition coefficient (Wildman–Crippen LogP) is 8.68. The number of hydrogen-bond donors (Lipinski definition) is 2. The molecule has 0 radical (unpaired) electrons. The molecule has 0 aliphatic heterocycles. The van der Waals surface area contributed by atoms with E-state index in [1.54, 1.807) is 53.2 Å². The molecule has 0 amide bonds. The number of nitrogens with one attached hydrogen (secondary N) is 2. The lowest BCUT2D eigenvalue weighted by Gasteiger charge is -2.26. The number of allylic oxidation sites excluding steroid dienone is 7. The van der Waals surface area contributed by atoms with Crippen molar-refractivity contribution in [1.29, 1.82) is 5.41 Å². The van der Waals surface area contributed by atoms with Gasteiger partial charge in [0.1, 0.15) is 11.6 Å². The van der Waals surface area contributed by atoms with E-state index in [1.165, 1.54) is 23.8 Å². The Morgan fingerprint density at radius 3 is 2.27 bits per heavy atom. The van der Waals surface area contributed by atoms with Crippen LogP contribution in [0.3, 0.4) is 0 Å². The lowest BCUT2D eigenvalue weighted by molar-refractivity contribution is 0.277. The maximum Gasteiger partial charge on any atom is 0.151 e. The van der Waals surface area contributed by atoms with E-state index >= 15 is 0 Å². The molecule has 1 aromatic carbocycles. The van der Waals surface area contributed by atoms with Crippen LogP contribution in [0.15, 0.2) is 64.7 Å². The van der Waals surface area contributed by atoms with Gasteiger partial charge in [0.25, 0.3) is 0 Å². The molecule has 1 fully saturated rings. The molecule has 0 bridgehead atoms. The number of hydrogen-bond acceptors (Lipinski definition) is 5. The van der Waals surface area contributed by atoms with Crippen LogP contribution in [0.25, 0.3) is 0 Å². The molecule has 2 N–H and O–H groups in total. The van der Waals surface area contributed by atoms with Gasteiger partial charge in [-0.2, -0.15) is 0 Å². The van der Waals surface area contributed by atoms with E-state index in [0.29, 0.717) is 23.4 Å². The molecular weight excluding hydrogens is 530 g/mol. The second kappa shape index (κ2) is 16.0. The number of rotatable bonds is 13. The molecule has 0 heterocycles. The molecule has 0 aromatic heterocycles. The molecule has 1 saturated carbocycles. The first kappa shape index (κ1) is 35.4. The molecule has 0 spiro atoms. The van der Waals surface area contributed by atoms with Crippen LogP contribution >= 0.6 is 0 Å². The van der Waals surface area contributed by atoms with Crippen molar-refractivity contribution in [2.24, 2.45) is 5.41 Å². The summed E-state index contributed by atoms with van der Waals surface area (Å²) in [5.74, 6) is -1.67. The Bertz CT molecular complexity index is 1250. The third-order valence-corrected chi connectivity index (χ3v) is 8.90. The maximum atomic E-state index is 14.8. The number of methoxy groups -OCH3 is 1. The summed E-state index contributed by atoms with van der Waals surface area (Å²) >= 11 is 0. The maximum absolute atomic E-state index is 14.8. The third-order valence-electron chi connectivity index (χ3n) is 6.73. The van der Waals surface area contributed by atoms with E-state index in [-0.39, 0.29) is 17.3 Å². The topological polar surface area (TPSA) is 79.2 Å². The normalized spacial score (nSPS) is 15.3. The molecule has 1 aromatic rings. The van der Waals surface area contributed by atoms with Crippen LogP contribution in [0, 0.1) is 16.6 Å². The van der Waals surface area contributed by atoms with Crippen molar-refractivity contribution in [2.75, 3.05) is 31.0 Å². The number of benzene rings is 1. The van der Waals surface area contributed by atoms with Gasteiger partial charge in [-0.1, -0.05) is 46.3 Å². The molecule has 8 heteroatoms. The van der Waals surface area contributed by atoms with Crippen LogP contribution in [0.4, 0.5) is 14.5 Å². The molecular formula is C32H48F2N2O3S. The standard InChI is InChI=1S/C30H42F2N2O2S.C2H6O/c1-8-20(3)16-24(31)13-10-21(4)29(23-11-12-23)34-25-14-15-27(32)26(17-25)22(5)18-37(35,36)19-30(6,7)28(33)9-2;1-3-2/h10,13-17,22,33-34H,8-9,11-12,18-19H2,1-7H3;1-2H3/b20-16?,21-10+,24-13+,33-28?;/t22-;/m0./s1. The van der Waals surface area contributed by atoms with Gasteiger partial charge in [-0.05, 0) is 92.5 Å². The number of halogens is 2. The predicted molar refractivity (Wildman–Crippen MR) is 165 cm³/mol. The van der Waals surface area contributed by atoms with Crippen molar-refractivity contribution in [1.82, 2.24) is 0 Å². The van der Waals surface area contributed by atoms with Gasteiger partial charge < -0.3 is 15.5 Å². The lowest BCUT2D eigenvalue weighted by atomic mass is 9.88. The van der Waals surface area contributed by atoms with Crippen molar-refractivity contribution >= 4 is 21.2 Å². The Morgan fingerprint density at radius 2 is 1.75 bits per heavy atom. The van der Waals surface area contributed by atoms with Crippen molar-refractivity contribution in [3.63, 3.8) is 0 Å². The SMILES string of the molecule is CCC(=N)C(C)(C)CS(=O)(=O)C[C@H](C)c1cc(NC(=C2CC2)/C(C)=C/C=C(/F)C=C(C)CC)ccc1F.COC. The fourth-order valence-corrected chi connectivity index (χ4v) is 6.57. The number of ether oxygens (including phenoxy) is 1. The first-order valence-corrected chi connectivity index (χ1v) is 15.6. The molecule has 1 aliphatic carbocycles. The van der Waals surface area contributed by atoms with Gasteiger partial charge >= 0.3 is 0 Å². The zero-order chi connectivity index (χ0) is 30.7. The molecule has 1 atom stereocenters. The van der Waals surface area contributed by atoms with Gasteiger partial charge in [0, 0.05) is 36.7 Å². The summed E-state index contributed by atoms with van der Waals surface area (Å²) in [4.78, 5) is 0. The highest BCUT2D eigenvalue weighted by Gasteiger charge is 2.31. The smallest absolute Gasteiger partial charge is 0.151 e. The average Bonchev–Trinajstić information content (AvgIpc) is 3.70. The van der Waals surface area contributed by atoms with Crippen LogP contribution < -0.4 is 5.32 Å². The fraction of sp³-hybridized carbons (Fsp3) is 0.531. The van der Waals surface area contributed by atoms with Gasteiger partial charge in [-0.15, -0.1) is 0 Å². The van der Waals surface area contributed by atoms with Crippen LogP contribution in [0.5, 0.6) is 0 Å². The zero-order valence-electron chi connectivity index (χ0n) is 25.7. The molecule has 1 aliphatic rings. The molecule has 0 saturated heterocycles. The molecule has 2 rings (SSSR count). The first-order valence-electron chi connectivity index (χ1n) is 13.8. The second-order valence-electron chi connectivity index (χ2n) is 11.2. The molecule has 40 heavy (non-hydrogen) atoms. The van der Waals surface area contributed by atoms with Crippen LogP contribution in [0.1, 0.15) is 85.6 Å². The minimum atomic E-state index is -3.53. The summed E-state index contributed by atoms with van der Waals surface area (Å²) in [6.45, 7) is 12.8. The van der Waals surface area contributed by atoms with Crippen molar-refractivity contribution < 1.29 is 21.9 Å². The van der Waals surface area contributed by atoms with Crippen LogP contribution in [0.2, 0.25) is 0 Å². The Kier molecular flexibility index (Phi) is 14.2. The molecule has 0 unspecified atom stereocenters. The largest absolute Gasteiger partial charge is 0.388 e. The van der Waals surface area contributed by atoms with E-state index in [1.807, 2.05) is 27.7 Å². The summed E-state index contributed by atoms with van der Waals surface area (Å²) in [6, 6.07) is 4.64. The number of sulfone groups is 1. The van der Waals surface area contributed by atoms with Gasteiger partial charge in [-0.3, -0.25) is 0 Å². The summed E-state index contributed by atoms with van der Waals surface area (Å²) in [6.07, 6.45) is 7.87. The first-order chi connectivity index (χ1) is 18.6. The molecule has 224 valence electrons. The fourth-order valence-electron chi connectivity index (χ4n) is 4.24. The Balaban J connectivity index is 0.00000254. The quantitative estimate of drug-likeness (QED) is 0.181. The van der Waals surface area contributed by atoms with E-state index < -0.39 is 27.0 Å². The van der Waals surface area contributed by atoms with E-state index in [0.717, 1.165) is 36.1 Å². The minimum Gasteiger partial charge on any atom is -0.388 e. The van der Waals surface area contributed by atoms with Crippen molar-refractivity contribution in [3.8, 4) is 0 Å². The zero-order valence-corrected chi connectivity index (χ0v) is 26.5. The van der Waals surface area contributed by atoms with Gasteiger partial charge in [0.15, 0.2) is 9.84 Å². The summed E-state index contributed by atoms with van der Waals surface area (Å²) in [7, 11) is -0.281. The van der Waals surface area contributed by atoms with Gasteiger partial charge in [0.05, 0.1) is 11.5 Å². The average molecular weight is 579 g/mol. The highest BCUT2D eigenvalue weighted by atomic mass is 32.2. The van der Waals surface area contributed by atoms with Crippen LogP contribution in [-0.4, -0.2) is 39.9 Å². The third kappa shape index (κ3) is 11.9. The van der Waals surface area contributed by atoms with Gasteiger partial charge in [0.2, 0.25) is 0 Å². The second-order valence-corrected chi connectivity index (χ2v) is 13.3. The lowest BCUT2D eigenvalue weighted by Crippen LogP contribution is -2.33. The van der Waals surface area contributed by atoms with E-state index in [2.05, 4.69) is 10.1 Å².